The second kappa shape index (κ2) is 12.4. The van der Waals surface area contributed by atoms with E-state index in [9.17, 15) is 18.8 Å². The van der Waals surface area contributed by atoms with Gasteiger partial charge in [-0.15, -0.1) is 0 Å². The number of ether oxygens (including phenoxy) is 3. The summed E-state index contributed by atoms with van der Waals surface area (Å²) in [5.74, 6) is -1.22. The van der Waals surface area contributed by atoms with Crippen LogP contribution in [0.25, 0.3) is 11.0 Å². The van der Waals surface area contributed by atoms with Crippen molar-refractivity contribution in [2.45, 2.75) is 26.5 Å². The molecule has 5 aromatic rings. The van der Waals surface area contributed by atoms with Crippen LogP contribution in [0.3, 0.4) is 0 Å². The molecule has 0 fully saturated rings. The molecule has 45 heavy (non-hydrogen) atoms. The van der Waals surface area contributed by atoms with E-state index >= 15 is 0 Å². The number of esters is 1. The highest BCUT2D eigenvalue weighted by Gasteiger charge is 2.45. The van der Waals surface area contributed by atoms with Crippen LogP contribution in [0.5, 0.6) is 11.5 Å². The number of hydrogen-bond donors (Lipinski definition) is 0. The normalized spacial score (nSPS) is 14.0. The van der Waals surface area contributed by atoms with Gasteiger partial charge < -0.3 is 18.6 Å². The van der Waals surface area contributed by atoms with Gasteiger partial charge in [-0.2, -0.15) is 0 Å². The van der Waals surface area contributed by atoms with Gasteiger partial charge in [-0.3, -0.25) is 14.5 Å². The van der Waals surface area contributed by atoms with Gasteiger partial charge in [0.2, 0.25) is 5.76 Å². The van der Waals surface area contributed by atoms with Crippen LogP contribution in [-0.2, 0) is 11.3 Å². The van der Waals surface area contributed by atoms with E-state index < -0.39 is 29.2 Å². The molecule has 228 valence electrons. The standard InChI is InChI=1S/C34H27FN2O7S/c1-4-15-42-33(40)31-19(3)36-34(45-31)37-28(27-29(38)23-17-22(35)12-14-24(23)44-30(27)32(37)39)21-11-13-25(26(16-21)41-5-2)43-18-20-9-7-6-8-10-20/h4,6-14,16-17,28H,1,5,15,18H2,2-3H3. The van der Waals surface area contributed by atoms with Crippen molar-refractivity contribution in [1.29, 1.82) is 0 Å². The van der Waals surface area contributed by atoms with Crippen molar-refractivity contribution in [1.82, 2.24) is 4.98 Å². The molecule has 0 saturated carbocycles. The van der Waals surface area contributed by atoms with E-state index in [4.69, 9.17) is 18.6 Å². The minimum Gasteiger partial charge on any atom is -0.490 e. The maximum absolute atomic E-state index is 14.2. The van der Waals surface area contributed by atoms with Gasteiger partial charge >= 0.3 is 5.97 Å². The summed E-state index contributed by atoms with van der Waals surface area (Å²) in [6, 6.07) is 17.3. The monoisotopic (exact) mass is 626 g/mol. The van der Waals surface area contributed by atoms with Gasteiger partial charge in [0, 0.05) is 0 Å². The van der Waals surface area contributed by atoms with Gasteiger partial charge in [-0.25, -0.2) is 14.2 Å². The lowest BCUT2D eigenvalue weighted by molar-refractivity contribution is 0.0554. The summed E-state index contributed by atoms with van der Waals surface area (Å²) in [4.78, 5) is 46.7. The molecule has 6 rings (SSSR count). The molecule has 3 heterocycles. The molecule has 1 aliphatic heterocycles. The number of carbonyl (C=O) groups excluding carboxylic acids is 2. The number of aryl methyl sites for hydroxylation is 1. The average Bonchev–Trinajstić information content (AvgIpc) is 3.57. The predicted molar refractivity (Wildman–Crippen MR) is 167 cm³/mol. The van der Waals surface area contributed by atoms with E-state index in [0.717, 1.165) is 29.0 Å². The minimum atomic E-state index is -1.04. The lowest BCUT2D eigenvalue weighted by Crippen LogP contribution is -2.29. The summed E-state index contributed by atoms with van der Waals surface area (Å²) < 4.78 is 37.4. The Morgan fingerprint density at radius 1 is 1.09 bits per heavy atom. The molecule has 1 unspecified atom stereocenters. The van der Waals surface area contributed by atoms with Gasteiger partial charge in [0.15, 0.2) is 22.1 Å². The summed E-state index contributed by atoms with van der Waals surface area (Å²) in [6.07, 6.45) is 1.44. The molecule has 0 aliphatic carbocycles. The maximum Gasteiger partial charge on any atom is 0.350 e. The first-order valence-corrected chi connectivity index (χ1v) is 14.9. The summed E-state index contributed by atoms with van der Waals surface area (Å²) in [5, 5.41) is 0.140. The van der Waals surface area contributed by atoms with Gasteiger partial charge in [-0.05, 0) is 55.3 Å². The second-order valence-electron chi connectivity index (χ2n) is 10.1. The van der Waals surface area contributed by atoms with Gasteiger partial charge in [0.1, 0.15) is 29.5 Å². The van der Waals surface area contributed by atoms with E-state index in [1.807, 2.05) is 37.3 Å². The second-order valence-corrected chi connectivity index (χ2v) is 11.1. The Bertz CT molecular complexity index is 2000. The minimum absolute atomic E-state index is 0.00266. The molecule has 1 atom stereocenters. The molecule has 11 heteroatoms. The highest BCUT2D eigenvalue weighted by atomic mass is 32.1. The van der Waals surface area contributed by atoms with E-state index in [2.05, 4.69) is 11.6 Å². The number of carbonyl (C=O) groups is 2. The van der Waals surface area contributed by atoms with Crippen molar-refractivity contribution >= 4 is 39.3 Å². The molecule has 0 spiro atoms. The number of thiazole rings is 1. The Labute approximate surface area is 261 Å². The van der Waals surface area contributed by atoms with Crippen molar-refractivity contribution in [3.05, 3.63) is 128 Å². The third kappa shape index (κ3) is 5.58. The third-order valence-corrected chi connectivity index (χ3v) is 8.30. The number of halogens is 1. The zero-order chi connectivity index (χ0) is 31.7. The van der Waals surface area contributed by atoms with Crippen LogP contribution in [0.4, 0.5) is 9.52 Å². The van der Waals surface area contributed by atoms with Crippen LogP contribution in [0.2, 0.25) is 0 Å². The van der Waals surface area contributed by atoms with Crippen molar-refractivity contribution in [2.75, 3.05) is 18.1 Å². The van der Waals surface area contributed by atoms with E-state index in [1.165, 1.54) is 17.0 Å². The van der Waals surface area contributed by atoms with Crippen LogP contribution in [0.15, 0.2) is 88.6 Å². The molecule has 1 amide bonds. The highest BCUT2D eigenvalue weighted by Crippen LogP contribution is 2.45. The number of hydrogen-bond acceptors (Lipinski definition) is 9. The fourth-order valence-electron chi connectivity index (χ4n) is 5.15. The van der Waals surface area contributed by atoms with Gasteiger partial charge in [0.25, 0.3) is 5.91 Å². The Morgan fingerprint density at radius 2 is 1.89 bits per heavy atom. The lowest BCUT2D eigenvalue weighted by Gasteiger charge is -2.23. The zero-order valence-corrected chi connectivity index (χ0v) is 25.2. The number of benzene rings is 3. The summed E-state index contributed by atoms with van der Waals surface area (Å²) >= 11 is 0.950. The first-order valence-electron chi connectivity index (χ1n) is 14.1. The van der Waals surface area contributed by atoms with Crippen molar-refractivity contribution in [3.8, 4) is 11.5 Å². The summed E-state index contributed by atoms with van der Waals surface area (Å²) in [7, 11) is 0. The maximum atomic E-state index is 14.2. The van der Waals surface area contributed by atoms with Crippen LogP contribution < -0.4 is 19.8 Å². The first kappa shape index (κ1) is 29.8. The quantitative estimate of drug-likeness (QED) is 0.124. The number of rotatable bonds is 10. The van der Waals surface area contributed by atoms with Gasteiger partial charge in [0.05, 0.1) is 29.3 Å². The molecule has 0 saturated heterocycles. The molecule has 0 radical (unpaired) electrons. The Morgan fingerprint density at radius 3 is 2.64 bits per heavy atom. The zero-order valence-electron chi connectivity index (χ0n) is 24.4. The predicted octanol–water partition coefficient (Wildman–Crippen LogP) is 6.77. The number of aromatic nitrogens is 1. The third-order valence-electron chi connectivity index (χ3n) is 7.16. The molecule has 1 aliphatic rings. The molecule has 3 aromatic carbocycles. The van der Waals surface area contributed by atoms with Crippen molar-refractivity contribution in [3.63, 3.8) is 0 Å². The van der Waals surface area contributed by atoms with Crippen LogP contribution in [-0.4, -0.2) is 30.1 Å². The smallest absolute Gasteiger partial charge is 0.350 e. The van der Waals surface area contributed by atoms with Crippen LogP contribution in [0.1, 0.15) is 55.6 Å². The highest BCUT2D eigenvalue weighted by molar-refractivity contribution is 7.17. The summed E-state index contributed by atoms with van der Waals surface area (Å²) in [6.45, 7) is 7.63. The Hall–Kier alpha value is -5.29. The van der Waals surface area contributed by atoms with Gasteiger partial charge in [-0.1, -0.05) is 60.4 Å². The van der Waals surface area contributed by atoms with Crippen LogP contribution in [0, 0.1) is 12.7 Å². The van der Waals surface area contributed by atoms with E-state index in [-0.39, 0.29) is 38.9 Å². The lowest BCUT2D eigenvalue weighted by atomic mass is 9.98. The number of anilines is 1. The molecular weight excluding hydrogens is 599 g/mol. The van der Waals surface area contributed by atoms with E-state index in [1.54, 1.807) is 25.1 Å². The van der Waals surface area contributed by atoms with Crippen LogP contribution >= 0.6 is 11.3 Å². The summed E-state index contributed by atoms with van der Waals surface area (Å²) in [5.41, 5.74) is 1.32. The van der Waals surface area contributed by atoms with Crippen molar-refractivity contribution < 1.29 is 32.6 Å². The number of amides is 1. The molecule has 2 aromatic heterocycles. The average molecular weight is 627 g/mol. The first-order chi connectivity index (χ1) is 21.8. The van der Waals surface area contributed by atoms with E-state index in [0.29, 0.717) is 36.0 Å². The molecule has 9 nitrogen and oxygen atoms in total. The number of nitrogens with zero attached hydrogens (tertiary/aromatic N) is 2. The molecule has 0 N–H and O–H groups in total. The van der Waals surface area contributed by atoms with Crippen molar-refractivity contribution in [2.24, 2.45) is 0 Å². The Balaban J connectivity index is 1.49. The fourth-order valence-corrected chi connectivity index (χ4v) is 6.14. The number of fused-ring (bicyclic) bond motifs is 2. The molecule has 0 bridgehead atoms. The topological polar surface area (TPSA) is 108 Å². The largest absolute Gasteiger partial charge is 0.490 e. The SMILES string of the molecule is C=CCOC(=O)c1sc(N2C(=O)c3oc4ccc(F)cc4c(=O)c3C2c2ccc(OCc3ccccc3)c(OCC)c2)nc1C. The molecular formula is C34H27FN2O7S. The fraction of sp³-hybridized carbons (Fsp3) is 0.176. The Kier molecular flexibility index (Phi) is 8.18.